The Labute approximate surface area is 284 Å². The number of hydrogen-bond acceptors (Lipinski definition) is 6. The number of fused-ring (bicyclic) bond motifs is 3. The molecule has 2 amide bonds. The first-order valence-corrected chi connectivity index (χ1v) is 18.9. The summed E-state index contributed by atoms with van der Waals surface area (Å²) in [6.45, 7) is 2.08. The fraction of sp³-hybridized carbons (Fsp3) is 0.556. The normalized spacial score (nSPS) is 22.8. The Morgan fingerprint density at radius 1 is 0.959 bits per heavy atom. The fourth-order valence-corrected chi connectivity index (χ4v) is 9.51. The van der Waals surface area contributed by atoms with Crippen molar-refractivity contribution in [2.45, 2.75) is 88.5 Å². The number of likely N-dealkylation sites (tertiary alicyclic amines) is 1. The molecule has 2 aromatic carbocycles. The number of halogens is 3. The summed E-state index contributed by atoms with van der Waals surface area (Å²) in [5.74, 6) is -2.20. The summed E-state index contributed by atoms with van der Waals surface area (Å²) < 4.78 is 72.6. The van der Waals surface area contributed by atoms with Crippen LogP contribution in [-0.2, 0) is 21.4 Å². The van der Waals surface area contributed by atoms with Crippen molar-refractivity contribution in [2.24, 2.45) is 5.41 Å². The van der Waals surface area contributed by atoms with Crippen LogP contribution < -0.4 is 9.46 Å². The number of sulfonamides is 1. The number of nitrogens with one attached hydrogen (secondary N) is 1. The molecule has 2 bridgehead atoms. The summed E-state index contributed by atoms with van der Waals surface area (Å²) in [4.78, 5) is 32.2. The molecule has 4 aliphatic rings. The van der Waals surface area contributed by atoms with Gasteiger partial charge in [-0.2, -0.15) is 13.2 Å². The van der Waals surface area contributed by atoms with Crippen molar-refractivity contribution in [1.82, 2.24) is 19.1 Å². The third kappa shape index (κ3) is 6.68. The quantitative estimate of drug-likeness (QED) is 0.291. The zero-order chi connectivity index (χ0) is 34.7. The molecule has 2 saturated heterocycles. The van der Waals surface area contributed by atoms with Crippen molar-refractivity contribution in [1.29, 1.82) is 0 Å². The van der Waals surface area contributed by atoms with E-state index in [2.05, 4.69) is 21.4 Å². The first-order chi connectivity index (χ1) is 23.3. The van der Waals surface area contributed by atoms with Crippen LogP contribution in [0.15, 0.2) is 42.5 Å². The molecule has 2 unspecified atom stereocenters. The van der Waals surface area contributed by atoms with Crippen LogP contribution in [0, 0.1) is 5.41 Å². The van der Waals surface area contributed by atoms with Gasteiger partial charge in [-0.15, -0.1) is 0 Å². The maximum atomic E-state index is 14.5. The lowest BCUT2D eigenvalue weighted by atomic mass is 9.81. The maximum Gasteiger partial charge on any atom is 0.404 e. The molecule has 3 heterocycles. The van der Waals surface area contributed by atoms with Crippen molar-refractivity contribution in [3.63, 3.8) is 0 Å². The Morgan fingerprint density at radius 2 is 1.61 bits per heavy atom. The zero-order valence-electron chi connectivity index (χ0n) is 27.9. The topological polar surface area (TPSA) is 101 Å². The van der Waals surface area contributed by atoms with E-state index in [0.717, 1.165) is 93.1 Å². The summed E-state index contributed by atoms with van der Waals surface area (Å²) in [7, 11) is -1.26. The molecule has 2 aliphatic carbocycles. The Kier molecular flexibility index (Phi) is 8.74. The number of amides is 2. The van der Waals surface area contributed by atoms with Gasteiger partial charge in [-0.1, -0.05) is 25.3 Å². The number of rotatable bonds is 9. The van der Waals surface area contributed by atoms with Crippen LogP contribution in [0.25, 0.3) is 22.2 Å². The van der Waals surface area contributed by atoms with Crippen LogP contribution in [0.5, 0.6) is 5.75 Å². The van der Waals surface area contributed by atoms with Crippen LogP contribution in [0.3, 0.4) is 0 Å². The molecule has 1 N–H and O–H groups in total. The van der Waals surface area contributed by atoms with Gasteiger partial charge in [0.25, 0.3) is 5.91 Å². The second-order valence-electron chi connectivity index (χ2n) is 14.5. The molecule has 3 aromatic rings. The van der Waals surface area contributed by atoms with Crippen LogP contribution in [0.4, 0.5) is 13.2 Å². The van der Waals surface area contributed by atoms with E-state index in [1.165, 1.54) is 6.07 Å². The van der Waals surface area contributed by atoms with Crippen LogP contribution in [0.1, 0.15) is 79.6 Å². The third-order valence-corrected chi connectivity index (χ3v) is 12.2. The molecule has 13 heteroatoms. The van der Waals surface area contributed by atoms with E-state index in [9.17, 15) is 31.2 Å². The molecule has 7 rings (SSSR count). The molecule has 4 fully saturated rings. The van der Waals surface area contributed by atoms with E-state index < -0.39 is 33.3 Å². The molecule has 49 heavy (non-hydrogen) atoms. The molecule has 264 valence electrons. The Balaban J connectivity index is 1.35. The highest BCUT2D eigenvalue weighted by molar-refractivity contribution is 7.90. The molecular formula is C36H43F3N4O5S. The second-order valence-corrected chi connectivity index (χ2v) is 16.3. The van der Waals surface area contributed by atoms with E-state index in [-0.39, 0.29) is 29.5 Å². The minimum Gasteiger partial charge on any atom is -0.497 e. The van der Waals surface area contributed by atoms with Gasteiger partial charge in [0.15, 0.2) is 5.75 Å². The van der Waals surface area contributed by atoms with E-state index in [1.807, 2.05) is 24.3 Å². The van der Waals surface area contributed by atoms with E-state index >= 15 is 0 Å². The maximum absolute atomic E-state index is 14.5. The first kappa shape index (κ1) is 33.9. The number of piperazine rings is 1. The highest BCUT2D eigenvalue weighted by Crippen LogP contribution is 2.53. The predicted molar refractivity (Wildman–Crippen MR) is 180 cm³/mol. The number of alkyl halides is 3. The summed E-state index contributed by atoms with van der Waals surface area (Å²) in [6, 6.07) is 13.0. The van der Waals surface area contributed by atoms with Crippen molar-refractivity contribution >= 4 is 32.7 Å². The monoisotopic (exact) mass is 700 g/mol. The van der Waals surface area contributed by atoms with Crippen molar-refractivity contribution in [3.8, 4) is 17.0 Å². The molecule has 0 spiro atoms. The fourth-order valence-electron chi connectivity index (χ4n) is 8.61. The highest BCUT2D eigenvalue weighted by atomic mass is 32.2. The van der Waals surface area contributed by atoms with Gasteiger partial charge >= 0.3 is 6.18 Å². The molecule has 2 atom stereocenters. The number of carbonyl (C=O) groups excluding carboxylic acids is 2. The first-order valence-electron chi connectivity index (χ1n) is 17.2. The van der Waals surface area contributed by atoms with Crippen molar-refractivity contribution < 1.29 is 35.9 Å². The minimum absolute atomic E-state index is 0.0678. The van der Waals surface area contributed by atoms with Gasteiger partial charge in [0.2, 0.25) is 15.9 Å². The number of nitrogens with zero attached hydrogens (tertiary/aromatic N) is 3. The lowest BCUT2D eigenvalue weighted by molar-refractivity contribution is -0.143. The van der Waals surface area contributed by atoms with Crippen LogP contribution in [-0.4, -0.2) is 85.9 Å². The van der Waals surface area contributed by atoms with Crippen LogP contribution >= 0.6 is 0 Å². The lowest BCUT2D eigenvalue weighted by Gasteiger charge is -2.41. The average Bonchev–Trinajstić information content (AvgIpc) is 3.70. The van der Waals surface area contributed by atoms with Gasteiger partial charge in [0, 0.05) is 48.2 Å². The SMILES string of the molecule is COc1ccc(-c2c(C3CCCCC3)c3ccc(C(=O)NS(=O)(=O)CC(F)(F)F)cc3n2CC2(C(=O)N3C4CCC3CN(C)C4)CC2)cc1. The molecule has 0 radical (unpaired) electrons. The number of aromatic nitrogens is 1. The Morgan fingerprint density at radius 3 is 2.20 bits per heavy atom. The van der Waals surface area contributed by atoms with Gasteiger partial charge in [-0.3, -0.25) is 9.59 Å². The molecule has 1 aromatic heterocycles. The number of methoxy groups -OCH3 is 1. The largest absolute Gasteiger partial charge is 0.497 e. The summed E-state index contributed by atoms with van der Waals surface area (Å²) in [6.07, 6.45) is 3.70. The van der Waals surface area contributed by atoms with Crippen molar-refractivity contribution in [2.75, 3.05) is 33.0 Å². The average molecular weight is 701 g/mol. The number of benzene rings is 2. The molecule has 9 nitrogen and oxygen atoms in total. The van der Waals surface area contributed by atoms with Gasteiger partial charge in [-0.25, -0.2) is 13.1 Å². The second kappa shape index (κ2) is 12.6. The Bertz CT molecular complexity index is 1850. The highest BCUT2D eigenvalue weighted by Gasteiger charge is 2.56. The lowest BCUT2D eigenvalue weighted by Crippen LogP contribution is -2.56. The summed E-state index contributed by atoms with van der Waals surface area (Å²) in [5.41, 5.74) is 2.97. The van der Waals surface area contributed by atoms with E-state index in [1.54, 1.807) is 24.0 Å². The van der Waals surface area contributed by atoms with Crippen LogP contribution in [0.2, 0.25) is 0 Å². The van der Waals surface area contributed by atoms with E-state index in [4.69, 9.17) is 4.74 Å². The predicted octanol–water partition coefficient (Wildman–Crippen LogP) is 6.07. The third-order valence-electron chi connectivity index (χ3n) is 11.0. The Hall–Kier alpha value is -3.58. The smallest absolute Gasteiger partial charge is 0.404 e. The molecule has 2 aliphatic heterocycles. The van der Waals surface area contributed by atoms with Gasteiger partial charge in [0.1, 0.15) is 5.75 Å². The number of carbonyl (C=O) groups is 2. The molecule has 2 saturated carbocycles. The van der Waals surface area contributed by atoms with Crippen molar-refractivity contribution in [3.05, 3.63) is 53.6 Å². The van der Waals surface area contributed by atoms with Gasteiger partial charge in [0.05, 0.1) is 18.2 Å². The minimum atomic E-state index is -5.00. The van der Waals surface area contributed by atoms with Gasteiger partial charge in [-0.05, 0) is 99.0 Å². The van der Waals surface area contributed by atoms with E-state index in [0.29, 0.717) is 17.8 Å². The van der Waals surface area contributed by atoms with Gasteiger partial charge < -0.3 is 19.1 Å². The standard InChI is InChI=1S/C36H43F3N4O5S/c1-41-19-26-11-12-27(20-41)43(26)34(45)35(16-17-35)21-42-30-18-25(33(44)40-49(46,47)22-36(37,38)39)10-15-29(30)31(23-6-4-3-5-7-23)32(42)24-8-13-28(48-2)14-9-24/h8-10,13-15,18,23,26-27H,3-7,11-12,16-17,19-22H2,1-2H3,(H,40,44). The summed E-state index contributed by atoms with van der Waals surface area (Å²) in [5, 5.41) is 0.898. The summed E-state index contributed by atoms with van der Waals surface area (Å²) >= 11 is 0. The zero-order valence-corrected chi connectivity index (χ0v) is 28.7. The molecular weight excluding hydrogens is 657 g/mol. The number of ether oxygens (including phenoxy) is 1. The number of hydrogen-bond donors (Lipinski definition) is 1. The number of likely N-dealkylation sites (N-methyl/N-ethyl adjacent to an activating group) is 1.